The lowest BCUT2D eigenvalue weighted by Gasteiger charge is -2.12. The van der Waals surface area contributed by atoms with E-state index in [0.717, 1.165) is 12.1 Å². The zero-order chi connectivity index (χ0) is 20.5. The molecule has 8 nitrogen and oxygen atoms in total. The molecule has 0 aliphatic rings. The summed E-state index contributed by atoms with van der Waals surface area (Å²) in [6.07, 6.45) is 3.07. The predicted octanol–water partition coefficient (Wildman–Crippen LogP) is 2.72. The molecular weight excluding hydrogens is 392 g/mol. The van der Waals surface area contributed by atoms with Crippen LogP contribution in [-0.4, -0.2) is 34.7 Å². The molecular formula is C17H17F2N5O3S. The van der Waals surface area contributed by atoms with Crippen LogP contribution in [0.2, 0.25) is 0 Å². The number of anilines is 2. The molecule has 11 heteroatoms. The van der Waals surface area contributed by atoms with Gasteiger partial charge in [-0.3, -0.25) is 9.52 Å². The molecule has 0 bridgehead atoms. The molecule has 0 aliphatic carbocycles. The number of nitrogens with zero attached hydrogens (tertiary/aromatic N) is 3. The summed E-state index contributed by atoms with van der Waals surface area (Å²) < 4.78 is 55.9. The molecule has 3 aromatic rings. The maximum atomic E-state index is 14.7. The van der Waals surface area contributed by atoms with Gasteiger partial charge in [-0.1, -0.05) is 6.92 Å². The van der Waals surface area contributed by atoms with Crippen molar-refractivity contribution >= 4 is 33.0 Å². The van der Waals surface area contributed by atoms with Crippen molar-refractivity contribution in [3.8, 4) is 0 Å². The van der Waals surface area contributed by atoms with E-state index in [1.54, 1.807) is 19.9 Å². The Morgan fingerprint density at radius 2 is 2.04 bits per heavy atom. The van der Waals surface area contributed by atoms with Crippen LogP contribution in [0.1, 0.15) is 29.4 Å². The van der Waals surface area contributed by atoms with Crippen LogP contribution in [0.4, 0.5) is 20.2 Å². The van der Waals surface area contributed by atoms with E-state index in [0.29, 0.717) is 17.8 Å². The first-order valence-electron chi connectivity index (χ1n) is 8.32. The van der Waals surface area contributed by atoms with Gasteiger partial charge in [-0.05, 0) is 25.5 Å². The molecule has 0 fully saturated rings. The number of nitrogens with one attached hydrogen (secondary N) is 2. The van der Waals surface area contributed by atoms with Crippen LogP contribution >= 0.6 is 0 Å². The summed E-state index contributed by atoms with van der Waals surface area (Å²) in [6.45, 7) is 3.41. The minimum atomic E-state index is -3.81. The van der Waals surface area contributed by atoms with Crippen LogP contribution in [0.3, 0.4) is 0 Å². The molecule has 3 rings (SSSR count). The van der Waals surface area contributed by atoms with Crippen LogP contribution in [-0.2, 0) is 10.0 Å². The number of amides is 1. The summed E-state index contributed by atoms with van der Waals surface area (Å²) in [5.74, 6) is -3.75. The Balaban J connectivity index is 1.90. The number of carbonyl (C=O) groups excluding carboxylic acids is 1. The molecule has 0 saturated heterocycles. The van der Waals surface area contributed by atoms with Crippen molar-refractivity contribution in [3.05, 3.63) is 53.5 Å². The number of hydrogen-bond donors (Lipinski definition) is 2. The Labute approximate surface area is 159 Å². The maximum absolute atomic E-state index is 14.7. The van der Waals surface area contributed by atoms with Crippen LogP contribution in [0.25, 0.3) is 5.65 Å². The zero-order valence-electron chi connectivity index (χ0n) is 15.0. The monoisotopic (exact) mass is 409 g/mol. The number of benzene rings is 1. The molecule has 2 N–H and O–H groups in total. The van der Waals surface area contributed by atoms with E-state index in [1.165, 1.54) is 16.9 Å². The first kappa shape index (κ1) is 19.7. The fourth-order valence-corrected chi connectivity index (χ4v) is 3.71. The SMILES string of the molecule is CCCS(=O)(=O)Nc1ccc(F)c(C(=O)Nc2cnc3cc(C)nn3c2)c1F. The van der Waals surface area contributed by atoms with E-state index in [2.05, 4.69) is 15.4 Å². The third kappa shape index (κ3) is 4.09. The van der Waals surface area contributed by atoms with Crippen LogP contribution in [0.5, 0.6) is 0 Å². The molecule has 28 heavy (non-hydrogen) atoms. The molecule has 0 atom stereocenters. The standard InChI is InChI=1S/C17H17F2N5O3S/c1-3-6-28(26,27)23-13-5-4-12(18)15(16(13)19)17(25)21-11-8-20-14-7-10(2)22-24(14)9-11/h4-5,7-9,23H,3,6H2,1-2H3,(H,21,25). The molecule has 0 radical (unpaired) electrons. The fourth-order valence-electron chi connectivity index (χ4n) is 2.58. The molecule has 0 unspecified atom stereocenters. The van der Waals surface area contributed by atoms with Gasteiger partial charge in [0, 0.05) is 6.07 Å². The van der Waals surface area contributed by atoms with Gasteiger partial charge in [0.2, 0.25) is 10.0 Å². The van der Waals surface area contributed by atoms with Crippen molar-refractivity contribution in [2.24, 2.45) is 0 Å². The van der Waals surface area contributed by atoms with Crippen LogP contribution in [0.15, 0.2) is 30.6 Å². The highest BCUT2D eigenvalue weighted by Gasteiger charge is 2.23. The highest BCUT2D eigenvalue weighted by molar-refractivity contribution is 7.92. The minimum absolute atomic E-state index is 0.163. The molecule has 2 heterocycles. The van der Waals surface area contributed by atoms with E-state index >= 15 is 0 Å². The zero-order valence-corrected chi connectivity index (χ0v) is 15.8. The second-order valence-corrected chi connectivity index (χ2v) is 7.93. The van der Waals surface area contributed by atoms with E-state index < -0.39 is 38.8 Å². The normalized spacial score (nSPS) is 11.6. The number of fused-ring (bicyclic) bond motifs is 1. The van der Waals surface area contributed by atoms with Crippen molar-refractivity contribution in [1.82, 2.24) is 14.6 Å². The van der Waals surface area contributed by atoms with E-state index in [-0.39, 0.29) is 11.4 Å². The highest BCUT2D eigenvalue weighted by Crippen LogP contribution is 2.23. The average molecular weight is 409 g/mol. The molecule has 148 valence electrons. The van der Waals surface area contributed by atoms with Gasteiger partial charge in [-0.2, -0.15) is 5.10 Å². The number of aryl methyl sites for hydroxylation is 1. The fraction of sp³-hybridized carbons (Fsp3) is 0.235. The second kappa shape index (κ2) is 7.50. The van der Waals surface area contributed by atoms with E-state index in [1.807, 2.05) is 4.72 Å². The number of rotatable bonds is 6. The largest absolute Gasteiger partial charge is 0.319 e. The predicted molar refractivity (Wildman–Crippen MR) is 99.7 cm³/mol. The summed E-state index contributed by atoms with van der Waals surface area (Å²) in [4.78, 5) is 16.5. The van der Waals surface area contributed by atoms with Gasteiger partial charge in [-0.25, -0.2) is 26.7 Å². The van der Waals surface area contributed by atoms with Gasteiger partial charge < -0.3 is 5.32 Å². The molecule has 1 amide bonds. The van der Waals surface area contributed by atoms with Crippen molar-refractivity contribution < 1.29 is 22.0 Å². The van der Waals surface area contributed by atoms with Gasteiger partial charge >= 0.3 is 0 Å². The third-order valence-electron chi connectivity index (χ3n) is 3.75. The lowest BCUT2D eigenvalue weighted by Crippen LogP contribution is -2.20. The molecule has 2 aromatic heterocycles. The van der Waals surface area contributed by atoms with Crippen molar-refractivity contribution in [2.45, 2.75) is 20.3 Å². The van der Waals surface area contributed by atoms with E-state index in [9.17, 15) is 22.0 Å². The van der Waals surface area contributed by atoms with Gasteiger partial charge in [0.1, 0.15) is 11.4 Å². The molecule has 0 saturated carbocycles. The van der Waals surface area contributed by atoms with Crippen LogP contribution in [0, 0.1) is 18.6 Å². The number of sulfonamides is 1. The molecule has 1 aromatic carbocycles. The Hall–Kier alpha value is -3.08. The van der Waals surface area contributed by atoms with Crippen molar-refractivity contribution in [2.75, 3.05) is 15.8 Å². The second-order valence-electron chi connectivity index (χ2n) is 6.09. The number of hydrogen-bond acceptors (Lipinski definition) is 5. The number of aromatic nitrogens is 3. The van der Waals surface area contributed by atoms with Gasteiger partial charge in [0.25, 0.3) is 5.91 Å². The highest BCUT2D eigenvalue weighted by atomic mass is 32.2. The lowest BCUT2D eigenvalue weighted by atomic mass is 10.1. The summed E-state index contributed by atoms with van der Waals surface area (Å²) in [7, 11) is -3.81. The quantitative estimate of drug-likeness (QED) is 0.651. The third-order valence-corrected chi connectivity index (χ3v) is 5.23. The first-order chi connectivity index (χ1) is 13.2. The van der Waals surface area contributed by atoms with Gasteiger partial charge in [0.15, 0.2) is 11.5 Å². The van der Waals surface area contributed by atoms with Crippen LogP contribution < -0.4 is 10.0 Å². The summed E-state index contributed by atoms with van der Waals surface area (Å²) in [5, 5.41) is 6.48. The Morgan fingerprint density at radius 1 is 1.29 bits per heavy atom. The first-order valence-corrected chi connectivity index (χ1v) is 9.97. The van der Waals surface area contributed by atoms with E-state index in [4.69, 9.17) is 0 Å². The smallest absolute Gasteiger partial charge is 0.261 e. The minimum Gasteiger partial charge on any atom is -0.319 e. The summed E-state index contributed by atoms with van der Waals surface area (Å²) in [5.41, 5.74) is 0.00130. The van der Waals surface area contributed by atoms with Crippen molar-refractivity contribution in [3.63, 3.8) is 0 Å². The Morgan fingerprint density at radius 3 is 2.75 bits per heavy atom. The topological polar surface area (TPSA) is 105 Å². The maximum Gasteiger partial charge on any atom is 0.261 e. The number of carbonyl (C=O) groups is 1. The summed E-state index contributed by atoms with van der Waals surface area (Å²) in [6, 6.07) is 3.46. The Bertz CT molecular complexity index is 1160. The number of halogens is 2. The molecule has 0 spiro atoms. The Kier molecular flexibility index (Phi) is 5.27. The lowest BCUT2D eigenvalue weighted by molar-refractivity contribution is 0.101. The van der Waals surface area contributed by atoms with Gasteiger partial charge in [0.05, 0.1) is 35.2 Å². The van der Waals surface area contributed by atoms with Gasteiger partial charge in [-0.15, -0.1) is 0 Å². The average Bonchev–Trinajstić information content (AvgIpc) is 2.96. The van der Waals surface area contributed by atoms with Crippen molar-refractivity contribution in [1.29, 1.82) is 0 Å². The molecule has 0 aliphatic heterocycles. The summed E-state index contributed by atoms with van der Waals surface area (Å²) >= 11 is 0.